The van der Waals surface area contributed by atoms with Gasteiger partial charge in [-0.05, 0) is 12.1 Å². The number of primary sulfonamides is 1. The summed E-state index contributed by atoms with van der Waals surface area (Å²) < 4.78 is 21.8. The Hall–Kier alpha value is -1.00. The molecule has 17 heavy (non-hydrogen) atoms. The van der Waals surface area contributed by atoms with Crippen molar-refractivity contribution >= 4 is 27.3 Å². The summed E-state index contributed by atoms with van der Waals surface area (Å²) in [7, 11) is -3.83. The van der Waals surface area contributed by atoms with Gasteiger partial charge in [-0.1, -0.05) is 0 Å². The Morgan fingerprint density at radius 1 is 1.41 bits per heavy atom. The van der Waals surface area contributed by atoms with Crippen LogP contribution in [0.4, 0.5) is 0 Å². The third-order valence-corrected chi connectivity index (χ3v) is 4.54. The zero-order chi connectivity index (χ0) is 13.2. The van der Waals surface area contributed by atoms with Crippen molar-refractivity contribution in [2.45, 2.75) is 22.8 Å². The van der Waals surface area contributed by atoms with Crippen molar-refractivity contribution in [3.05, 3.63) is 17.0 Å². The second-order valence-corrected chi connectivity index (χ2v) is 6.29. The molecular weight excluding hydrogens is 268 g/mol. The standard InChI is InChI=1S/C8H12N2O5S2/c9-6(12)3-4(11)8(13)5-1-2-7(16-5)17(10,14)15/h1-2,4,8,11,13H,3H2,(H2,9,12)(H2,10,14,15). The summed E-state index contributed by atoms with van der Waals surface area (Å²) in [4.78, 5) is 10.7. The van der Waals surface area contributed by atoms with E-state index in [1.165, 1.54) is 12.1 Å². The molecule has 1 rings (SSSR count). The fourth-order valence-corrected chi connectivity index (χ4v) is 2.95. The van der Waals surface area contributed by atoms with Gasteiger partial charge < -0.3 is 15.9 Å². The van der Waals surface area contributed by atoms with Gasteiger partial charge in [-0.2, -0.15) is 0 Å². The summed E-state index contributed by atoms with van der Waals surface area (Å²) in [6.07, 6.45) is -3.16. The number of thiophene rings is 1. The molecule has 0 bridgehead atoms. The lowest BCUT2D eigenvalue weighted by Crippen LogP contribution is -2.25. The molecule has 0 saturated carbocycles. The average molecular weight is 280 g/mol. The van der Waals surface area contributed by atoms with Gasteiger partial charge in [0.25, 0.3) is 0 Å². The van der Waals surface area contributed by atoms with E-state index >= 15 is 0 Å². The molecule has 2 atom stereocenters. The van der Waals surface area contributed by atoms with Gasteiger partial charge in [-0.25, -0.2) is 13.6 Å². The van der Waals surface area contributed by atoms with E-state index in [1.807, 2.05) is 0 Å². The number of primary amides is 1. The molecule has 1 aromatic rings. The number of amides is 1. The SMILES string of the molecule is NC(=O)CC(O)C(O)c1ccc(S(N)(=O)=O)s1. The summed E-state index contributed by atoms with van der Waals surface area (Å²) in [6, 6.07) is 2.54. The van der Waals surface area contributed by atoms with Crippen LogP contribution in [0.1, 0.15) is 17.4 Å². The van der Waals surface area contributed by atoms with E-state index < -0.39 is 34.6 Å². The maximum atomic E-state index is 11.0. The minimum atomic E-state index is -3.83. The Bertz CT molecular complexity index is 510. The minimum absolute atomic E-state index is 0.127. The molecule has 7 nitrogen and oxygen atoms in total. The summed E-state index contributed by atoms with van der Waals surface area (Å²) in [5, 5.41) is 24.0. The second kappa shape index (κ2) is 5.10. The molecule has 1 aromatic heterocycles. The lowest BCUT2D eigenvalue weighted by Gasteiger charge is -2.14. The van der Waals surface area contributed by atoms with Crippen LogP contribution in [0.15, 0.2) is 16.3 Å². The molecule has 0 saturated heterocycles. The van der Waals surface area contributed by atoms with Crippen molar-refractivity contribution in [2.75, 3.05) is 0 Å². The second-order valence-electron chi connectivity index (χ2n) is 3.38. The van der Waals surface area contributed by atoms with Crippen molar-refractivity contribution in [2.24, 2.45) is 10.9 Å². The van der Waals surface area contributed by atoms with Crippen molar-refractivity contribution in [3.8, 4) is 0 Å². The molecule has 0 aliphatic rings. The zero-order valence-electron chi connectivity index (χ0n) is 8.61. The van der Waals surface area contributed by atoms with E-state index in [4.69, 9.17) is 10.9 Å². The Morgan fingerprint density at radius 2 is 2.00 bits per heavy atom. The fourth-order valence-electron chi connectivity index (χ4n) is 1.15. The van der Waals surface area contributed by atoms with Crippen molar-refractivity contribution in [1.29, 1.82) is 0 Å². The number of nitrogens with two attached hydrogens (primary N) is 2. The van der Waals surface area contributed by atoms with Gasteiger partial charge in [-0.15, -0.1) is 11.3 Å². The van der Waals surface area contributed by atoms with Crippen LogP contribution in [-0.4, -0.2) is 30.6 Å². The van der Waals surface area contributed by atoms with E-state index in [2.05, 4.69) is 0 Å². The summed E-state index contributed by atoms with van der Waals surface area (Å²) >= 11 is 0.728. The molecular formula is C8H12N2O5S2. The highest BCUT2D eigenvalue weighted by atomic mass is 32.2. The van der Waals surface area contributed by atoms with Gasteiger partial charge in [-0.3, -0.25) is 4.79 Å². The number of carbonyl (C=O) groups is 1. The van der Waals surface area contributed by atoms with Gasteiger partial charge >= 0.3 is 0 Å². The van der Waals surface area contributed by atoms with Crippen LogP contribution in [0.25, 0.3) is 0 Å². The number of hydrogen-bond donors (Lipinski definition) is 4. The molecule has 1 heterocycles. The summed E-state index contributed by atoms with van der Waals surface area (Å²) in [6.45, 7) is 0. The van der Waals surface area contributed by atoms with Crippen molar-refractivity contribution in [1.82, 2.24) is 0 Å². The molecule has 0 radical (unpaired) electrons. The molecule has 96 valence electrons. The van der Waals surface area contributed by atoms with Gasteiger partial charge in [0.15, 0.2) is 0 Å². The number of sulfonamides is 1. The molecule has 0 spiro atoms. The number of hydrogen-bond acceptors (Lipinski definition) is 6. The Morgan fingerprint density at radius 3 is 2.41 bits per heavy atom. The van der Waals surface area contributed by atoms with Crippen LogP contribution < -0.4 is 10.9 Å². The number of aliphatic hydroxyl groups is 2. The van der Waals surface area contributed by atoms with Crippen molar-refractivity contribution < 1.29 is 23.4 Å². The maximum absolute atomic E-state index is 11.0. The first-order valence-electron chi connectivity index (χ1n) is 4.49. The predicted octanol–water partition coefficient (Wildman–Crippen LogP) is -1.33. The van der Waals surface area contributed by atoms with E-state index in [0.717, 1.165) is 11.3 Å². The molecule has 1 amide bonds. The van der Waals surface area contributed by atoms with E-state index in [9.17, 15) is 23.4 Å². The molecule has 0 fully saturated rings. The monoisotopic (exact) mass is 280 g/mol. The Balaban J connectivity index is 2.87. The third-order valence-electron chi connectivity index (χ3n) is 1.95. The van der Waals surface area contributed by atoms with E-state index in [0.29, 0.717) is 0 Å². The minimum Gasteiger partial charge on any atom is -0.389 e. The first-order valence-corrected chi connectivity index (χ1v) is 6.85. The number of aliphatic hydroxyl groups excluding tert-OH is 2. The Kier molecular flexibility index (Phi) is 4.22. The average Bonchev–Trinajstić information content (AvgIpc) is 2.63. The summed E-state index contributed by atoms with van der Waals surface area (Å²) in [5.74, 6) is -0.764. The van der Waals surface area contributed by atoms with Gasteiger partial charge in [0.2, 0.25) is 15.9 Å². The molecule has 0 aliphatic heterocycles. The maximum Gasteiger partial charge on any atom is 0.247 e. The largest absolute Gasteiger partial charge is 0.389 e. The molecule has 9 heteroatoms. The summed E-state index contributed by atoms with van der Waals surface area (Å²) in [5.41, 5.74) is 4.86. The lowest BCUT2D eigenvalue weighted by atomic mass is 10.1. The Labute approximate surface area is 102 Å². The quantitative estimate of drug-likeness (QED) is 0.528. The molecule has 6 N–H and O–H groups in total. The molecule has 0 aliphatic carbocycles. The first-order chi connectivity index (χ1) is 7.71. The van der Waals surface area contributed by atoms with Crippen LogP contribution in [0.5, 0.6) is 0 Å². The van der Waals surface area contributed by atoms with Crippen LogP contribution in [0.3, 0.4) is 0 Å². The van der Waals surface area contributed by atoms with Crippen molar-refractivity contribution in [3.63, 3.8) is 0 Å². The van der Waals surface area contributed by atoms with Gasteiger partial charge in [0.05, 0.1) is 12.5 Å². The van der Waals surface area contributed by atoms with Crippen LogP contribution in [0.2, 0.25) is 0 Å². The van der Waals surface area contributed by atoms with Crippen LogP contribution in [-0.2, 0) is 14.8 Å². The highest BCUT2D eigenvalue weighted by Gasteiger charge is 2.23. The topological polar surface area (TPSA) is 144 Å². The number of rotatable bonds is 5. The first kappa shape index (κ1) is 14.1. The van der Waals surface area contributed by atoms with E-state index in [1.54, 1.807) is 0 Å². The fraction of sp³-hybridized carbons (Fsp3) is 0.375. The van der Waals surface area contributed by atoms with Crippen LogP contribution >= 0.6 is 11.3 Å². The van der Waals surface area contributed by atoms with Gasteiger partial charge in [0.1, 0.15) is 10.3 Å². The van der Waals surface area contributed by atoms with Gasteiger partial charge in [0, 0.05) is 4.88 Å². The third kappa shape index (κ3) is 3.75. The highest BCUT2D eigenvalue weighted by Crippen LogP contribution is 2.28. The highest BCUT2D eigenvalue weighted by molar-refractivity contribution is 7.91. The predicted molar refractivity (Wildman–Crippen MR) is 60.5 cm³/mol. The van der Waals surface area contributed by atoms with E-state index in [-0.39, 0.29) is 9.09 Å². The normalized spacial score (nSPS) is 15.5. The smallest absolute Gasteiger partial charge is 0.247 e. The number of carbonyl (C=O) groups excluding carboxylic acids is 1. The molecule has 0 aromatic carbocycles. The van der Waals surface area contributed by atoms with Crippen LogP contribution in [0, 0.1) is 0 Å². The zero-order valence-corrected chi connectivity index (χ0v) is 10.2. The molecule has 2 unspecified atom stereocenters. The lowest BCUT2D eigenvalue weighted by molar-refractivity contribution is -0.121.